The van der Waals surface area contributed by atoms with Gasteiger partial charge in [-0.15, -0.1) is 0 Å². The van der Waals surface area contributed by atoms with E-state index in [-0.39, 0.29) is 6.61 Å². The van der Waals surface area contributed by atoms with Crippen LogP contribution in [-0.4, -0.2) is 11.7 Å². The Morgan fingerprint density at radius 2 is 2.23 bits per heavy atom. The van der Waals surface area contributed by atoms with E-state index in [4.69, 9.17) is 10.8 Å². The fourth-order valence-electron chi connectivity index (χ4n) is 1.58. The summed E-state index contributed by atoms with van der Waals surface area (Å²) >= 11 is 0. The first-order valence-corrected chi connectivity index (χ1v) is 4.74. The topological polar surface area (TPSA) is 46.2 Å². The Labute approximate surface area is 79.4 Å². The molecule has 1 aromatic carbocycles. The fourth-order valence-corrected chi connectivity index (χ4v) is 1.58. The summed E-state index contributed by atoms with van der Waals surface area (Å²) in [6, 6.07) is 7.91. The SMILES string of the molecule is CCC(CCO)c1cccc(N)c1. The molecular formula is C11H17NO. The molecule has 13 heavy (non-hydrogen) atoms. The molecule has 0 aliphatic carbocycles. The average Bonchev–Trinajstić information content (AvgIpc) is 2.14. The molecule has 72 valence electrons. The maximum Gasteiger partial charge on any atom is 0.0436 e. The molecule has 0 fully saturated rings. The van der Waals surface area contributed by atoms with Crippen LogP contribution in [0.2, 0.25) is 0 Å². The van der Waals surface area contributed by atoms with E-state index in [2.05, 4.69) is 13.0 Å². The van der Waals surface area contributed by atoms with E-state index in [1.54, 1.807) is 0 Å². The van der Waals surface area contributed by atoms with Crippen molar-refractivity contribution in [1.82, 2.24) is 0 Å². The lowest BCUT2D eigenvalue weighted by atomic mass is 9.93. The van der Waals surface area contributed by atoms with Crippen molar-refractivity contribution in [2.75, 3.05) is 12.3 Å². The van der Waals surface area contributed by atoms with Crippen LogP contribution >= 0.6 is 0 Å². The summed E-state index contributed by atoms with van der Waals surface area (Å²) in [5.41, 5.74) is 7.72. The number of aliphatic hydroxyl groups excluding tert-OH is 1. The Bertz CT molecular complexity index is 260. The summed E-state index contributed by atoms with van der Waals surface area (Å²) in [6.45, 7) is 2.37. The van der Waals surface area contributed by atoms with E-state index in [0.717, 1.165) is 18.5 Å². The Morgan fingerprint density at radius 3 is 2.77 bits per heavy atom. The zero-order chi connectivity index (χ0) is 9.68. The Hall–Kier alpha value is -1.02. The average molecular weight is 179 g/mol. The minimum Gasteiger partial charge on any atom is -0.399 e. The monoisotopic (exact) mass is 179 g/mol. The van der Waals surface area contributed by atoms with E-state index in [1.807, 2.05) is 18.2 Å². The lowest BCUT2D eigenvalue weighted by Crippen LogP contribution is -2.00. The summed E-state index contributed by atoms with van der Waals surface area (Å²) in [7, 11) is 0. The first-order valence-electron chi connectivity index (χ1n) is 4.74. The molecule has 0 bridgehead atoms. The third-order valence-electron chi connectivity index (χ3n) is 2.35. The second-order valence-electron chi connectivity index (χ2n) is 3.29. The number of aliphatic hydroxyl groups is 1. The molecule has 0 aromatic heterocycles. The van der Waals surface area contributed by atoms with Gasteiger partial charge in [-0.25, -0.2) is 0 Å². The highest BCUT2D eigenvalue weighted by Crippen LogP contribution is 2.24. The Morgan fingerprint density at radius 1 is 1.46 bits per heavy atom. The van der Waals surface area contributed by atoms with Crippen molar-refractivity contribution in [3.05, 3.63) is 29.8 Å². The van der Waals surface area contributed by atoms with Crippen LogP contribution in [0.3, 0.4) is 0 Å². The first kappa shape index (κ1) is 10.1. The van der Waals surface area contributed by atoms with Gasteiger partial charge in [-0.1, -0.05) is 19.1 Å². The Kier molecular flexibility index (Phi) is 3.77. The van der Waals surface area contributed by atoms with Crippen molar-refractivity contribution in [3.63, 3.8) is 0 Å². The molecule has 0 aliphatic heterocycles. The molecule has 1 unspecified atom stereocenters. The zero-order valence-corrected chi connectivity index (χ0v) is 8.03. The summed E-state index contributed by atoms with van der Waals surface area (Å²) in [6.07, 6.45) is 1.87. The standard InChI is InChI=1S/C11H17NO/c1-2-9(6-7-13)10-4-3-5-11(12)8-10/h3-5,8-9,13H,2,6-7,12H2,1H3. The maximum atomic E-state index is 8.87. The van der Waals surface area contributed by atoms with Crippen molar-refractivity contribution in [3.8, 4) is 0 Å². The van der Waals surface area contributed by atoms with E-state index < -0.39 is 0 Å². The van der Waals surface area contributed by atoms with Gasteiger partial charge in [-0.2, -0.15) is 0 Å². The van der Waals surface area contributed by atoms with Gasteiger partial charge in [-0.05, 0) is 36.5 Å². The van der Waals surface area contributed by atoms with Crippen LogP contribution in [0.5, 0.6) is 0 Å². The number of rotatable bonds is 4. The van der Waals surface area contributed by atoms with Gasteiger partial charge in [0.05, 0.1) is 0 Å². The summed E-state index contributed by atoms with van der Waals surface area (Å²) in [5.74, 6) is 0.438. The number of benzene rings is 1. The lowest BCUT2D eigenvalue weighted by molar-refractivity contribution is 0.274. The van der Waals surface area contributed by atoms with E-state index in [9.17, 15) is 0 Å². The normalized spacial score (nSPS) is 12.8. The smallest absolute Gasteiger partial charge is 0.0436 e. The number of nitrogen functional groups attached to an aromatic ring is 1. The molecular weight excluding hydrogens is 162 g/mol. The first-order chi connectivity index (χ1) is 6.27. The molecule has 1 atom stereocenters. The summed E-state index contributed by atoms with van der Waals surface area (Å²) < 4.78 is 0. The van der Waals surface area contributed by atoms with E-state index in [0.29, 0.717) is 5.92 Å². The van der Waals surface area contributed by atoms with Crippen LogP contribution in [0.15, 0.2) is 24.3 Å². The molecule has 2 nitrogen and oxygen atoms in total. The quantitative estimate of drug-likeness (QED) is 0.696. The second kappa shape index (κ2) is 4.87. The molecule has 0 radical (unpaired) electrons. The highest BCUT2D eigenvalue weighted by Gasteiger charge is 2.07. The van der Waals surface area contributed by atoms with E-state index in [1.165, 1.54) is 5.56 Å². The van der Waals surface area contributed by atoms with Gasteiger partial charge in [0.25, 0.3) is 0 Å². The van der Waals surface area contributed by atoms with Gasteiger partial charge in [0.15, 0.2) is 0 Å². The molecule has 0 saturated heterocycles. The zero-order valence-electron chi connectivity index (χ0n) is 8.03. The van der Waals surface area contributed by atoms with Crippen molar-refractivity contribution >= 4 is 5.69 Å². The summed E-state index contributed by atoms with van der Waals surface area (Å²) in [4.78, 5) is 0. The number of hydrogen-bond acceptors (Lipinski definition) is 2. The van der Waals surface area contributed by atoms with Crippen molar-refractivity contribution in [2.45, 2.75) is 25.7 Å². The van der Waals surface area contributed by atoms with E-state index >= 15 is 0 Å². The van der Waals surface area contributed by atoms with Crippen molar-refractivity contribution in [2.24, 2.45) is 0 Å². The number of nitrogens with two attached hydrogens (primary N) is 1. The fraction of sp³-hybridized carbons (Fsp3) is 0.455. The largest absolute Gasteiger partial charge is 0.399 e. The predicted molar refractivity (Wildman–Crippen MR) is 55.6 cm³/mol. The molecule has 2 heteroatoms. The molecule has 0 aliphatic rings. The van der Waals surface area contributed by atoms with Crippen LogP contribution in [0, 0.1) is 0 Å². The highest BCUT2D eigenvalue weighted by molar-refractivity contribution is 5.41. The molecule has 1 aromatic rings. The van der Waals surface area contributed by atoms with Crippen LogP contribution in [0.4, 0.5) is 5.69 Å². The van der Waals surface area contributed by atoms with Crippen molar-refractivity contribution < 1.29 is 5.11 Å². The van der Waals surface area contributed by atoms with Gasteiger partial charge >= 0.3 is 0 Å². The lowest BCUT2D eigenvalue weighted by Gasteiger charge is -2.13. The van der Waals surface area contributed by atoms with Gasteiger partial charge in [0, 0.05) is 12.3 Å². The van der Waals surface area contributed by atoms with Crippen LogP contribution < -0.4 is 5.73 Å². The molecule has 0 spiro atoms. The van der Waals surface area contributed by atoms with Crippen LogP contribution in [0.25, 0.3) is 0 Å². The Balaban J connectivity index is 2.78. The minimum absolute atomic E-state index is 0.243. The molecule has 0 heterocycles. The number of hydrogen-bond donors (Lipinski definition) is 2. The second-order valence-corrected chi connectivity index (χ2v) is 3.29. The van der Waals surface area contributed by atoms with Crippen LogP contribution in [-0.2, 0) is 0 Å². The highest BCUT2D eigenvalue weighted by atomic mass is 16.3. The predicted octanol–water partition coefficient (Wildman–Crippen LogP) is 2.14. The molecule has 1 rings (SSSR count). The molecule has 3 N–H and O–H groups in total. The van der Waals surface area contributed by atoms with Gasteiger partial charge in [-0.3, -0.25) is 0 Å². The summed E-state index contributed by atoms with van der Waals surface area (Å²) in [5, 5.41) is 8.87. The molecule has 0 saturated carbocycles. The minimum atomic E-state index is 0.243. The third-order valence-corrected chi connectivity index (χ3v) is 2.35. The van der Waals surface area contributed by atoms with Crippen molar-refractivity contribution in [1.29, 1.82) is 0 Å². The van der Waals surface area contributed by atoms with Gasteiger partial charge in [0.1, 0.15) is 0 Å². The number of anilines is 1. The maximum absolute atomic E-state index is 8.87. The van der Waals surface area contributed by atoms with Gasteiger partial charge < -0.3 is 10.8 Å². The third kappa shape index (κ3) is 2.74. The van der Waals surface area contributed by atoms with Crippen LogP contribution in [0.1, 0.15) is 31.2 Å². The molecule has 0 amide bonds. The van der Waals surface area contributed by atoms with Gasteiger partial charge in [0.2, 0.25) is 0 Å².